The number of hydrogen-bond donors (Lipinski definition) is 1. The highest BCUT2D eigenvalue weighted by atomic mass is 15.1. The lowest BCUT2D eigenvalue weighted by Gasteiger charge is -2.24. The van der Waals surface area contributed by atoms with Gasteiger partial charge in [-0.2, -0.15) is 0 Å². The van der Waals surface area contributed by atoms with Crippen molar-refractivity contribution in [2.75, 3.05) is 23.7 Å². The van der Waals surface area contributed by atoms with Crippen LogP contribution in [-0.4, -0.2) is 13.1 Å². The van der Waals surface area contributed by atoms with Crippen LogP contribution < -0.4 is 10.6 Å². The van der Waals surface area contributed by atoms with Crippen molar-refractivity contribution >= 4 is 11.4 Å². The molecule has 0 heterocycles. The maximum absolute atomic E-state index is 5.72. The van der Waals surface area contributed by atoms with E-state index in [1.807, 2.05) is 12.1 Å². The Balaban J connectivity index is 1.89. The molecule has 0 bridgehead atoms. The quantitative estimate of drug-likeness (QED) is 0.785. The van der Waals surface area contributed by atoms with E-state index in [1.54, 1.807) is 0 Å². The second-order valence-corrected chi connectivity index (χ2v) is 5.11. The summed E-state index contributed by atoms with van der Waals surface area (Å²) in [5.74, 6) is 0.970. The largest absolute Gasteiger partial charge is 0.399 e. The Hall–Kier alpha value is -1.18. The van der Waals surface area contributed by atoms with Gasteiger partial charge in [-0.05, 0) is 43.5 Å². The molecule has 2 nitrogen and oxygen atoms in total. The molecule has 17 heavy (non-hydrogen) atoms. The van der Waals surface area contributed by atoms with Gasteiger partial charge >= 0.3 is 0 Å². The van der Waals surface area contributed by atoms with Crippen LogP contribution in [0.15, 0.2) is 24.3 Å². The molecule has 2 heteroatoms. The molecule has 0 aromatic heterocycles. The van der Waals surface area contributed by atoms with Crippen LogP contribution in [0.1, 0.15) is 39.0 Å². The van der Waals surface area contributed by atoms with E-state index in [0.717, 1.165) is 18.2 Å². The van der Waals surface area contributed by atoms with Gasteiger partial charge in [-0.3, -0.25) is 0 Å². The molecular formula is C15H24N2. The first-order valence-corrected chi connectivity index (χ1v) is 6.90. The van der Waals surface area contributed by atoms with Gasteiger partial charge in [0, 0.05) is 24.5 Å². The van der Waals surface area contributed by atoms with Crippen molar-refractivity contribution in [3.8, 4) is 0 Å². The highest BCUT2D eigenvalue weighted by Gasteiger charge is 2.15. The number of nitrogen functional groups attached to an aromatic ring is 1. The van der Waals surface area contributed by atoms with Crippen LogP contribution in [0.2, 0.25) is 0 Å². The zero-order valence-corrected chi connectivity index (χ0v) is 10.9. The lowest BCUT2D eigenvalue weighted by atomic mass is 10.0. The monoisotopic (exact) mass is 232 g/mol. The normalized spacial score (nSPS) is 16.3. The van der Waals surface area contributed by atoms with Crippen molar-refractivity contribution in [2.45, 2.75) is 39.0 Å². The van der Waals surface area contributed by atoms with Gasteiger partial charge in [-0.25, -0.2) is 0 Å². The lowest BCUT2D eigenvalue weighted by molar-refractivity contribution is 0.501. The van der Waals surface area contributed by atoms with E-state index in [9.17, 15) is 0 Å². The third-order valence-electron chi connectivity index (χ3n) is 3.92. The van der Waals surface area contributed by atoms with Crippen LogP contribution in [0, 0.1) is 5.92 Å². The Bertz CT molecular complexity index is 325. The summed E-state index contributed by atoms with van der Waals surface area (Å²) in [5, 5.41) is 0. The van der Waals surface area contributed by atoms with Crippen molar-refractivity contribution in [2.24, 2.45) is 5.92 Å². The van der Waals surface area contributed by atoms with Crippen LogP contribution in [-0.2, 0) is 0 Å². The van der Waals surface area contributed by atoms with Crippen LogP contribution >= 0.6 is 0 Å². The molecular weight excluding hydrogens is 208 g/mol. The molecule has 2 rings (SSSR count). The van der Waals surface area contributed by atoms with Crippen LogP contribution in [0.4, 0.5) is 11.4 Å². The standard InChI is InChI=1S/C15H24N2/c1-2-17(12-11-13-5-3-4-6-13)15-9-7-14(16)8-10-15/h7-10,13H,2-6,11-12,16H2,1H3. The molecule has 0 atom stereocenters. The molecule has 1 aliphatic rings. The molecule has 0 spiro atoms. The van der Waals surface area contributed by atoms with Gasteiger partial charge in [0.1, 0.15) is 0 Å². The molecule has 1 saturated carbocycles. The Morgan fingerprint density at radius 3 is 2.41 bits per heavy atom. The van der Waals surface area contributed by atoms with E-state index in [1.165, 1.54) is 44.3 Å². The smallest absolute Gasteiger partial charge is 0.0367 e. The molecule has 94 valence electrons. The maximum Gasteiger partial charge on any atom is 0.0367 e. The molecule has 0 saturated heterocycles. The van der Waals surface area contributed by atoms with E-state index in [2.05, 4.69) is 24.0 Å². The first kappa shape index (κ1) is 12.3. The van der Waals surface area contributed by atoms with Gasteiger partial charge in [0.15, 0.2) is 0 Å². The summed E-state index contributed by atoms with van der Waals surface area (Å²) < 4.78 is 0. The fourth-order valence-electron chi connectivity index (χ4n) is 2.79. The van der Waals surface area contributed by atoms with E-state index in [-0.39, 0.29) is 0 Å². The van der Waals surface area contributed by atoms with Crippen molar-refractivity contribution in [3.05, 3.63) is 24.3 Å². The van der Waals surface area contributed by atoms with Crippen LogP contribution in [0.5, 0.6) is 0 Å². The number of anilines is 2. The molecule has 1 aliphatic carbocycles. The summed E-state index contributed by atoms with van der Waals surface area (Å²) in [7, 11) is 0. The summed E-state index contributed by atoms with van der Waals surface area (Å²) in [6.07, 6.45) is 7.12. The Kier molecular flexibility index (Phi) is 4.29. The summed E-state index contributed by atoms with van der Waals surface area (Å²) in [5.41, 5.74) is 7.88. The molecule has 0 amide bonds. The Morgan fingerprint density at radius 1 is 1.18 bits per heavy atom. The molecule has 1 fully saturated rings. The molecule has 2 N–H and O–H groups in total. The topological polar surface area (TPSA) is 29.3 Å². The maximum atomic E-state index is 5.72. The van der Waals surface area contributed by atoms with Gasteiger partial charge in [0.05, 0.1) is 0 Å². The van der Waals surface area contributed by atoms with E-state index in [0.29, 0.717) is 0 Å². The zero-order chi connectivity index (χ0) is 12.1. The minimum atomic E-state index is 0.848. The second-order valence-electron chi connectivity index (χ2n) is 5.11. The minimum Gasteiger partial charge on any atom is -0.399 e. The fraction of sp³-hybridized carbons (Fsp3) is 0.600. The fourth-order valence-corrected chi connectivity index (χ4v) is 2.79. The first-order chi connectivity index (χ1) is 8.29. The number of benzene rings is 1. The number of nitrogens with two attached hydrogens (primary N) is 1. The van der Waals surface area contributed by atoms with Crippen LogP contribution in [0.3, 0.4) is 0 Å². The number of hydrogen-bond acceptors (Lipinski definition) is 2. The van der Waals surface area contributed by atoms with Crippen molar-refractivity contribution in [1.82, 2.24) is 0 Å². The van der Waals surface area contributed by atoms with Crippen LogP contribution in [0.25, 0.3) is 0 Å². The SMILES string of the molecule is CCN(CCC1CCCC1)c1ccc(N)cc1. The summed E-state index contributed by atoms with van der Waals surface area (Å²) in [4.78, 5) is 2.46. The van der Waals surface area contributed by atoms with E-state index >= 15 is 0 Å². The highest BCUT2D eigenvalue weighted by molar-refractivity contribution is 5.52. The lowest BCUT2D eigenvalue weighted by Crippen LogP contribution is -2.25. The zero-order valence-electron chi connectivity index (χ0n) is 10.9. The van der Waals surface area contributed by atoms with Crippen molar-refractivity contribution < 1.29 is 0 Å². The Morgan fingerprint density at radius 2 is 1.82 bits per heavy atom. The third-order valence-corrected chi connectivity index (χ3v) is 3.92. The average Bonchev–Trinajstić information content (AvgIpc) is 2.85. The first-order valence-electron chi connectivity index (χ1n) is 6.90. The van der Waals surface area contributed by atoms with E-state index in [4.69, 9.17) is 5.73 Å². The summed E-state index contributed by atoms with van der Waals surface area (Å²) in [6, 6.07) is 8.25. The highest BCUT2D eigenvalue weighted by Crippen LogP contribution is 2.28. The summed E-state index contributed by atoms with van der Waals surface area (Å²) in [6.45, 7) is 4.49. The number of nitrogens with zero attached hydrogens (tertiary/aromatic N) is 1. The number of rotatable bonds is 5. The van der Waals surface area contributed by atoms with Gasteiger partial charge in [-0.1, -0.05) is 25.7 Å². The molecule has 1 aromatic carbocycles. The second kappa shape index (κ2) is 5.95. The van der Waals surface area contributed by atoms with Gasteiger partial charge in [-0.15, -0.1) is 0 Å². The van der Waals surface area contributed by atoms with Gasteiger partial charge < -0.3 is 10.6 Å². The van der Waals surface area contributed by atoms with Crippen molar-refractivity contribution in [1.29, 1.82) is 0 Å². The molecule has 0 aliphatic heterocycles. The third kappa shape index (κ3) is 3.39. The predicted octanol–water partition coefficient (Wildman–Crippen LogP) is 3.68. The van der Waals surface area contributed by atoms with E-state index < -0.39 is 0 Å². The predicted molar refractivity (Wildman–Crippen MR) is 75.3 cm³/mol. The molecule has 1 aromatic rings. The van der Waals surface area contributed by atoms with Crippen molar-refractivity contribution in [3.63, 3.8) is 0 Å². The van der Waals surface area contributed by atoms with Gasteiger partial charge in [0.25, 0.3) is 0 Å². The minimum absolute atomic E-state index is 0.848. The van der Waals surface area contributed by atoms with Gasteiger partial charge in [0.2, 0.25) is 0 Å². The molecule has 0 unspecified atom stereocenters. The molecule has 0 radical (unpaired) electrons. The Labute approximate surface area is 105 Å². The summed E-state index contributed by atoms with van der Waals surface area (Å²) >= 11 is 0. The average molecular weight is 232 g/mol.